The highest BCUT2D eigenvalue weighted by Crippen LogP contribution is 2.24. The molecule has 0 bridgehead atoms. The van der Waals surface area contributed by atoms with Gasteiger partial charge in [-0.05, 0) is 31.0 Å². The molecule has 1 unspecified atom stereocenters. The minimum absolute atomic E-state index is 0.166. The molecule has 118 valence electrons. The first kappa shape index (κ1) is 14.8. The summed E-state index contributed by atoms with van der Waals surface area (Å²) in [4.78, 5) is 8.78. The summed E-state index contributed by atoms with van der Waals surface area (Å²) in [5.41, 5.74) is 0.577. The Hall–Kier alpha value is -2.11. The number of nitrogens with zero attached hydrogens (tertiary/aromatic N) is 3. The van der Waals surface area contributed by atoms with Crippen LogP contribution in [0.2, 0.25) is 0 Å². The molecule has 1 saturated heterocycles. The Kier molecular flexibility index (Phi) is 4.00. The average molecular weight is 307 g/mol. The molecule has 0 radical (unpaired) electrons. The van der Waals surface area contributed by atoms with E-state index in [2.05, 4.69) is 28.8 Å². The van der Waals surface area contributed by atoms with Gasteiger partial charge in [-0.15, -0.1) is 0 Å². The molecular formula is C16H19F2N3O. The van der Waals surface area contributed by atoms with Crippen molar-refractivity contribution in [3.63, 3.8) is 0 Å². The third-order valence-electron chi connectivity index (χ3n) is 4.18. The van der Waals surface area contributed by atoms with Crippen molar-refractivity contribution in [2.45, 2.75) is 26.0 Å². The molecule has 1 aromatic rings. The molecule has 2 aliphatic heterocycles. The molecule has 1 atom stereocenters. The largest absolute Gasteiger partial charge is 0.473 e. The number of hydrogen-bond donors (Lipinski definition) is 0. The van der Waals surface area contributed by atoms with E-state index in [9.17, 15) is 8.78 Å². The molecule has 22 heavy (non-hydrogen) atoms. The highest BCUT2D eigenvalue weighted by molar-refractivity contribution is 5.88. The molecule has 0 saturated carbocycles. The minimum atomic E-state index is -0.864. The maximum atomic E-state index is 13.2. The van der Waals surface area contributed by atoms with Crippen molar-refractivity contribution in [3.8, 4) is 0 Å². The topological polar surface area (TPSA) is 28.1 Å². The van der Waals surface area contributed by atoms with Crippen LogP contribution < -0.4 is 0 Å². The van der Waals surface area contributed by atoms with Gasteiger partial charge in [0.2, 0.25) is 5.90 Å². The quantitative estimate of drug-likeness (QED) is 0.841. The number of rotatable bonds is 2. The summed E-state index contributed by atoms with van der Waals surface area (Å²) in [7, 11) is 2.06. The zero-order valence-corrected chi connectivity index (χ0v) is 12.7. The average Bonchev–Trinajstić information content (AvgIpc) is 2.52. The van der Waals surface area contributed by atoms with Gasteiger partial charge in [0.05, 0.1) is 0 Å². The second-order valence-electron chi connectivity index (χ2n) is 5.69. The third kappa shape index (κ3) is 2.91. The molecule has 2 aliphatic rings. The summed E-state index contributed by atoms with van der Waals surface area (Å²) in [6.45, 7) is 3.90. The van der Waals surface area contributed by atoms with E-state index in [-0.39, 0.29) is 6.61 Å². The first-order chi connectivity index (χ1) is 10.5. The fourth-order valence-electron chi connectivity index (χ4n) is 2.62. The maximum Gasteiger partial charge on any atom is 0.214 e. The summed E-state index contributed by atoms with van der Waals surface area (Å²) in [6.07, 6.45) is 3.01. The second kappa shape index (κ2) is 5.94. The Morgan fingerprint density at radius 2 is 2.14 bits per heavy atom. The molecule has 0 aromatic heterocycles. The Bertz CT molecular complexity index is 630. The lowest BCUT2D eigenvalue weighted by atomic mass is 10.1. The molecule has 1 fully saturated rings. The van der Waals surface area contributed by atoms with Crippen molar-refractivity contribution in [1.82, 2.24) is 9.80 Å². The van der Waals surface area contributed by atoms with E-state index in [0.717, 1.165) is 30.9 Å². The number of fused-ring (bicyclic) bond motifs is 1. The molecule has 6 heteroatoms. The number of ether oxygens (including phenoxy) is 1. The Labute approximate surface area is 128 Å². The fourth-order valence-corrected chi connectivity index (χ4v) is 2.62. The lowest BCUT2D eigenvalue weighted by Crippen LogP contribution is -2.47. The van der Waals surface area contributed by atoms with Gasteiger partial charge in [-0.3, -0.25) is 0 Å². The van der Waals surface area contributed by atoms with Crippen LogP contribution >= 0.6 is 0 Å². The first-order valence-corrected chi connectivity index (χ1v) is 7.35. The van der Waals surface area contributed by atoms with Crippen molar-refractivity contribution in [2.75, 3.05) is 20.3 Å². The van der Waals surface area contributed by atoms with Gasteiger partial charge in [0.25, 0.3) is 0 Å². The Morgan fingerprint density at radius 3 is 2.91 bits per heavy atom. The lowest BCUT2D eigenvalue weighted by molar-refractivity contribution is 0.133. The molecule has 0 spiro atoms. The van der Waals surface area contributed by atoms with Crippen LogP contribution in [0, 0.1) is 11.6 Å². The fraction of sp³-hybridized carbons (Fsp3) is 0.438. The van der Waals surface area contributed by atoms with E-state index in [1.165, 1.54) is 6.07 Å². The van der Waals surface area contributed by atoms with Gasteiger partial charge in [-0.2, -0.15) is 0 Å². The van der Waals surface area contributed by atoms with Gasteiger partial charge >= 0.3 is 0 Å². The summed E-state index contributed by atoms with van der Waals surface area (Å²) >= 11 is 0. The van der Waals surface area contributed by atoms with Crippen LogP contribution in [0.5, 0.6) is 0 Å². The van der Waals surface area contributed by atoms with Crippen molar-refractivity contribution in [2.24, 2.45) is 4.99 Å². The van der Waals surface area contributed by atoms with E-state index >= 15 is 0 Å². The molecule has 1 aromatic carbocycles. The number of aliphatic imine (C=N–C) groups is 1. The molecule has 0 aliphatic carbocycles. The van der Waals surface area contributed by atoms with Crippen LogP contribution in [0.1, 0.15) is 18.9 Å². The van der Waals surface area contributed by atoms with Crippen molar-refractivity contribution in [1.29, 1.82) is 0 Å². The first-order valence-electron chi connectivity index (χ1n) is 7.35. The van der Waals surface area contributed by atoms with Crippen LogP contribution in [-0.4, -0.2) is 42.0 Å². The van der Waals surface area contributed by atoms with Crippen LogP contribution in [0.3, 0.4) is 0 Å². The summed E-state index contributed by atoms with van der Waals surface area (Å²) < 4.78 is 31.7. The van der Waals surface area contributed by atoms with E-state index in [0.29, 0.717) is 24.2 Å². The van der Waals surface area contributed by atoms with Gasteiger partial charge in [-0.25, -0.2) is 13.8 Å². The monoisotopic (exact) mass is 307 g/mol. The maximum absolute atomic E-state index is 13.2. The second-order valence-corrected chi connectivity index (χ2v) is 5.69. The van der Waals surface area contributed by atoms with Crippen LogP contribution in [0.4, 0.5) is 8.78 Å². The zero-order chi connectivity index (χ0) is 15.7. The summed E-state index contributed by atoms with van der Waals surface area (Å²) in [6, 6.07) is 4.24. The molecule has 3 rings (SSSR count). The van der Waals surface area contributed by atoms with Crippen LogP contribution in [0.25, 0.3) is 0 Å². The Morgan fingerprint density at radius 1 is 1.32 bits per heavy atom. The van der Waals surface area contributed by atoms with E-state index in [1.807, 2.05) is 6.08 Å². The predicted molar refractivity (Wildman–Crippen MR) is 80.1 cm³/mol. The highest BCUT2D eigenvalue weighted by Gasteiger charge is 2.27. The van der Waals surface area contributed by atoms with Crippen LogP contribution in [0.15, 0.2) is 35.1 Å². The molecule has 0 N–H and O–H groups in total. The summed E-state index contributed by atoms with van der Waals surface area (Å²) in [5, 5.41) is 0. The van der Waals surface area contributed by atoms with Gasteiger partial charge in [0.15, 0.2) is 11.6 Å². The number of hydrogen-bond acceptors (Lipinski definition) is 4. The normalized spacial score (nSPS) is 21.2. The molecule has 2 heterocycles. The zero-order valence-electron chi connectivity index (χ0n) is 12.7. The number of benzene rings is 1. The van der Waals surface area contributed by atoms with E-state index in [1.54, 1.807) is 0 Å². The van der Waals surface area contributed by atoms with Gasteiger partial charge in [-0.1, -0.05) is 6.07 Å². The molecular weight excluding hydrogens is 288 g/mol. The summed E-state index contributed by atoms with van der Waals surface area (Å²) in [5.74, 6) is -0.0997. The van der Waals surface area contributed by atoms with Gasteiger partial charge in [0.1, 0.15) is 19.1 Å². The highest BCUT2D eigenvalue weighted by atomic mass is 19.2. The van der Waals surface area contributed by atoms with Crippen molar-refractivity contribution in [3.05, 3.63) is 47.3 Å². The van der Waals surface area contributed by atoms with Crippen molar-refractivity contribution >= 4 is 5.90 Å². The number of halogens is 2. The van der Waals surface area contributed by atoms with Crippen molar-refractivity contribution < 1.29 is 13.5 Å². The smallest absolute Gasteiger partial charge is 0.214 e. The minimum Gasteiger partial charge on any atom is -0.473 e. The SMILES string of the molecule is CC1CCN2CN=C(OCc3ccc(F)c(F)c3)C=C2N1C. The van der Waals surface area contributed by atoms with Crippen LogP contribution in [-0.2, 0) is 11.3 Å². The molecule has 0 amide bonds. The van der Waals surface area contributed by atoms with E-state index in [4.69, 9.17) is 4.74 Å². The van der Waals surface area contributed by atoms with Gasteiger partial charge in [0, 0.05) is 25.7 Å². The Balaban J connectivity index is 1.67. The lowest BCUT2D eigenvalue weighted by Gasteiger charge is -2.43. The van der Waals surface area contributed by atoms with Gasteiger partial charge < -0.3 is 14.5 Å². The predicted octanol–water partition coefficient (Wildman–Crippen LogP) is 2.72. The standard InChI is InChI=1S/C16H19F2N3O/c1-11-5-6-21-10-19-15(8-16(21)20(11)2)22-9-12-3-4-13(17)14(18)7-12/h3-4,7-8,11H,5-6,9-10H2,1-2H3. The molecule has 4 nitrogen and oxygen atoms in total. The van der Waals surface area contributed by atoms with E-state index < -0.39 is 11.6 Å². The third-order valence-corrected chi connectivity index (χ3v) is 4.18.